The van der Waals surface area contributed by atoms with Crippen LogP contribution in [0.25, 0.3) is 0 Å². The fourth-order valence-electron chi connectivity index (χ4n) is 2.88. The molecule has 1 aliphatic heterocycles. The van der Waals surface area contributed by atoms with Gasteiger partial charge in [-0.25, -0.2) is 0 Å². The average molecular weight is 277 g/mol. The number of piperidine rings is 1. The number of aryl methyl sites for hydroxylation is 1. The van der Waals surface area contributed by atoms with E-state index in [1.165, 1.54) is 0 Å². The van der Waals surface area contributed by atoms with Gasteiger partial charge in [0.2, 0.25) is 0 Å². The molecule has 1 aliphatic rings. The summed E-state index contributed by atoms with van der Waals surface area (Å²) >= 11 is 0. The van der Waals surface area contributed by atoms with Gasteiger partial charge in [-0.15, -0.1) is 0 Å². The van der Waals surface area contributed by atoms with Crippen LogP contribution in [-0.2, 0) is 4.74 Å². The van der Waals surface area contributed by atoms with Crippen molar-refractivity contribution in [1.82, 2.24) is 0 Å². The van der Waals surface area contributed by atoms with Crippen molar-refractivity contribution in [3.8, 4) is 0 Å². The van der Waals surface area contributed by atoms with E-state index in [4.69, 9.17) is 15.7 Å². The number of methoxy groups -OCH3 is 1. The first kappa shape index (κ1) is 14.7. The van der Waals surface area contributed by atoms with Crippen LogP contribution in [0, 0.1) is 12.8 Å². The molecule has 5 heteroatoms. The highest BCUT2D eigenvalue weighted by Gasteiger charge is 2.28. The zero-order valence-electron chi connectivity index (χ0n) is 12.3. The van der Waals surface area contributed by atoms with Crippen molar-refractivity contribution in [2.75, 3.05) is 25.1 Å². The predicted molar refractivity (Wildman–Crippen MR) is 80.5 cm³/mol. The smallest absolute Gasteiger partial charge is 0.172 e. The highest BCUT2D eigenvalue weighted by atomic mass is 16.5. The number of nitrogens with zero attached hydrogens (tertiary/aromatic N) is 2. The summed E-state index contributed by atoms with van der Waals surface area (Å²) in [6.45, 7) is 6.04. The van der Waals surface area contributed by atoms with Gasteiger partial charge in [0.15, 0.2) is 5.84 Å². The maximum Gasteiger partial charge on any atom is 0.172 e. The molecule has 2 rings (SSSR count). The highest BCUT2D eigenvalue weighted by Crippen LogP contribution is 2.30. The van der Waals surface area contributed by atoms with Crippen LogP contribution in [0.1, 0.15) is 24.5 Å². The summed E-state index contributed by atoms with van der Waals surface area (Å²) in [5.74, 6) is 0.698. The van der Waals surface area contributed by atoms with Crippen molar-refractivity contribution in [3.63, 3.8) is 0 Å². The third-order valence-electron chi connectivity index (χ3n) is 4.13. The number of hydrogen-bond donors (Lipinski definition) is 2. The summed E-state index contributed by atoms with van der Waals surface area (Å²) in [7, 11) is 1.76. The highest BCUT2D eigenvalue weighted by molar-refractivity contribution is 6.02. The maximum atomic E-state index is 8.96. The molecule has 3 N–H and O–H groups in total. The minimum Gasteiger partial charge on any atom is -0.409 e. The number of benzene rings is 1. The van der Waals surface area contributed by atoms with Gasteiger partial charge in [-0.05, 0) is 30.9 Å². The number of amidine groups is 1. The molecule has 2 atom stereocenters. The van der Waals surface area contributed by atoms with Crippen LogP contribution >= 0.6 is 0 Å². The van der Waals surface area contributed by atoms with Crippen molar-refractivity contribution >= 4 is 11.5 Å². The van der Waals surface area contributed by atoms with Crippen LogP contribution in [-0.4, -0.2) is 37.3 Å². The lowest BCUT2D eigenvalue weighted by Crippen LogP contribution is -2.44. The first-order chi connectivity index (χ1) is 9.58. The zero-order chi connectivity index (χ0) is 14.7. The second-order valence-electron chi connectivity index (χ2n) is 5.44. The first-order valence-corrected chi connectivity index (χ1v) is 6.93. The van der Waals surface area contributed by atoms with Crippen LogP contribution in [0.3, 0.4) is 0 Å². The number of ether oxygens (including phenoxy) is 1. The predicted octanol–water partition coefficient (Wildman–Crippen LogP) is 1.95. The lowest BCUT2D eigenvalue weighted by molar-refractivity contribution is 0.0498. The largest absolute Gasteiger partial charge is 0.409 e. The minimum absolute atomic E-state index is 0.149. The Kier molecular flexibility index (Phi) is 4.49. The summed E-state index contributed by atoms with van der Waals surface area (Å²) in [5, 5.41) is 12.1. The Morgan fingerprint density at radius 2 is 2.25 bits per heavy atom. The SMILES string of the molecule is COC1CN(c2c(C)cccc2/C(N)=N/O)CCC1C. The molecular weight excluding hydrogens is 254 g/mol. The Morgan fingerprint density at radius 1 is 1.50 bits per heavy atom. The number of rotatable bonds is 3. The zero-order valence-corrected chi connectivity index (χ0v) is 12.3. The molecule has 0 aliphatic carbocycles. The van der Waals surface area contributed by atoms with Crippen molar-refractivity contribution in [2.24, 2.45) is 16.8 Å². The Balaban J connectivity index is 2.37. The van der Waals surface area contributed by atoms with Crippen LogP contribution < -0.4 is 10.6 Å². The van der Waals surface area contributed by atoms with E-state index < -0.39 is 0 Å². The fourth-order valence-corrected chi connectivity index (χ4v) is 2.88. The van der Waals surface area contributed by atoms with Crippen molar-refractivity contribution < 1.29 is 9.94 Å². The first-order valence-electron chi connectivity index (χ1n) is 6.93. The van der Waals surface area contributed by atoms with Crippen molar-refractivity contribution in [3.05, 3.63) is 29.3 Å². The van der Waals surface area contributed by atoms with Gasteiger partial charge in [-0.3, -0.25) is 0 Å². The van der Waals surface area contributed by atoms with Gasteiger partial charge in [0.25, 0.3) is 0 Å². The van der Waals surface area contributed by atoms with E-state index in [0.717, 1.165) is 36.3 Å². The molecule has 5 nitrogen and oxygen atoms in total. The molecule has 1 saturated heterocycles. The number of hydrogen-bond acceptors (Lipinski definition) is 4. The lowest BCUT2D eigenvalue weighted by Gasteiger charge is -2.39. The summed E-state index contributed by atoms with van der Waals surface area (Å²) in [6.07, 6.45) is 1.28. The van der Waals surface area contributed by atoms with Gasteiger partial charge < -0.3 is 20.6 Å². The second-order valence-corrected chi connectivity index (χ2v) is 5.44. The number of anilines is 1. The molecule has 0 radical (unpaired) electrons. The number of nitrogens with two attached hydrogens (primary N) is 1. The van der Waals surface area contributed by atoms with Gasteiger partial charge in [0.05, 0.1) is 11.8 Å². The van der Waals surface area contributed by atoms with E-state index in [1.807, 2.05) is 25.1 Å². The average Bonchev–Trinajstić information content (AvgIpc) is 2.47. The summed E-state index contributed by atoms with van der Waals surface area (Å²) in [4.78, 5) is 2.27. The Bertz CT molecular complexity index is 502. The van der Waals surface area contributed by atoms with Crippen molar-refractivity contribution in [1.29, 1.82) is 0 Å². The molecule has 110 valence electrons. The molecule has 1 aromatic rings. The monoisotopic (exact) mass is 277 g/mol. The van der Waals surface area contributed by atoms with Gasteiger partial charge in [-0.2, -0.15) is 0 Å². The molecule has 1 aromatic carbocycles. The van der Waals surface area contributed by atoms with E-state index >= 15 is 0 Å². The van der Waals surface area contributed by atoms with Crippen molar-refractivity contribution in [2.45, 2.75) is 26.4 Å². The standard InChI is InChI=1S/C15H23N3O2/c1-10-7-8-18(9-13(10)20-3)14-11(2)5-4-6-12(14)15(16)17-19/h4-6,10,13,19H,7-9H2,1-3H3,(H2,16,17). The summed E-state index contributed by atoms with van der Waals surface area (Å²) in [6, 6.07) is 5.85. The Morgan fingerprint density at radius 3 is 2.90 bits per heavy atom. The molecule has 1 heterocycles. The molecule has 0 amide bonds. The van der Waals surface area contributed by atoms with Gasteiger partial charge in [0, 0.05) is 25.8 Å². The maximum absolute atomic E-state index is 8.96. The molecule has 20 heavy (non-hydrogen) atoms. The van der Waals surface area contributed by atoms with E-state index in [1.54, 1.807) is 7.11 Å². The third kappa shape index (κ3) is 2.72. The molecule has 1 fully saturated rings. The number of para-hydroxylation sites is 1. The molecular formula is C15H23N3O2. The topological polar surface area (TPSA) is 71.1 Å². The molecule has 0 saturated carbocycles. The lowest BCUT2D eigenvalue weighted by atomic mass is 9.94. The normalized spacial score (nSPS) is 23.9. The van der Waals surface area contributed by atoms with Crippen LogP contribution in [0.15, 0.2) is 23.4 Å². The Labute approximate surface area is 120 Å². The molecule has 0 bridgehead atoms. The Hall–Kier alpha value is -1.75. The summed E-state index contributed by atoms with van der Waals surface area (Å²) in [5.41, 5.74) is 8.74. The van der Waals surface area contributed by atoms with Crippen LogP contribution in [0.4, 0.5) is 5.69 Å². The second kappa shape index (κ2) is 6.13. The van der Waals surface area contributed by atoms with Gasteiger partial charge in [-0.1, -0.05) is 24.2 Å². The summed E-state index contributed by atoms with van der Waals surface area (Å²) < 4.78 is 5.57. The number of oxime groups is 1. The van der Waals surface area contributed by atoms with E-state index in [9.17, 15) is 0 Å². The van der Waals surface area contributed by atoms with E-state index in [0.29, 0.717) is 5.92 Å². The quantitative estimate of drug-likeness (QED) is 0.383. The van der Waals surface area contributed by atoms with E-state index in [2.05, 4.69) is 17.0 Å². The van der Waals surface area contributed by atoms with Crippen LogP contribution in [0.5, 0.6) is 0 Å². The van der Waals surface area contributed by atoms with Crippen LogP contribution in [0.2, 0.25) is 0 Å². The van der Waals surface area contributed by atoms with E-state index in [-0.39, 0.29) is 11.9 Å². The molecule has 0 spiro atoms. The van der Waals surface area contributed by atoms with Gasteiger partial charge in [0.1, 0.15) is 0 Å². The molecule has 0 aromatic heterocycles. The molecule has 2 unspecified atom stereocenters. The minimum atomic E-state index is 0.149. The third-order valence-corrected chi connectivity index (χ3v) is 4.13. The fraction of sp³-hybridized carbons (Fsp3) is 0.533. The van der Waals surface area contributed by atoms with Gasteiger partial charge >= 0.3 is 0 Å².